The smallest absolute Gasteiger partial charge is 0.235 e. The number of furan rings is 1. The Morgan fingerprint density at radius 1 is 0.432 bits per heavy atom. The number of nitrogens with zero attached hydrogens (tertiary/aromatic N) is 3. The van der Waals surface area contributed by atoms with Crippen molar-refractivity contribution in [3.8, 4) is 39.6 Å². The Balaban J connectivity index is 1.31. The maximum Gasteiger partial charge on any atom is 0.235 e. The Bertz CT molecular complexity index is 2430. The molecule has 0 saturated carbocycles. The summed E-state index contributed by atoms with van der Waals surface area (Å²) >= 11 is 0. The number of hydrogen-bond acceptors (Lipinski definition) is 3. The Hall–Kier alpha value is -6.00. The summed E-state index contributed by atoms with van der Waals surface area (Å²) in [6.45, 7) is 0. The third-order valence-corrected chi connectivity index (χ3v) is 8.46. The van der Waals surface area contributed by atoms with Gasteiger partial charge in [-0.05, 0) is 41.5 Å². The first-order chi connectivity index (χ1) is 21.8. The SMILES string of the molecule is c1ccc(-c2ccc(-c3cc(-c4cccc5c4oc4ccccc45)nc(-n4c5ccccc5c5ccccc54)n3)cc2)cc1. The molecule has 6 aromatic carbocycles. The molecule has 44 heavy (non-hydrogen) atoms. The molecule has 4 nitrogen and oxygen atoms in total. The van der Waals surface area contributed by atoms with Gasteiger partial charge >= 0.3 is 0 Å². The summed E-state index contributed by atoms with van der Waals surface area (Å²) in [6.07, 6.45) is 0. The van der Waals surface area contributed by atoms with Crippen molar-refractivity contribution in [2.45, 2.75) is 0 Å². The molecular formula is C40H25N3O. The molecule has 3 heterocycles. The van der Waals surface area contributed by atoms with Gasteiger partial charge in [-0.15, -0.1) is 0 Å². The lowest BCUT2D eigenvalue weighted by Gasteiger charge is -2.12. The summed E-state index contributed by atoms with van der Waals surface area (Å²) in [4.78, 5) is 10.5. The standard InChI is InChI=1S/C40H25N3O/c1-2-11-26(12-3-1)27-21-23-28(24-22-27)34-25-35(33-17-10-16-32-31-15-6-9-20-38(31)44-39(32)33)42-40(41-34)43-36-18-7-4-13-29(36)30-14-5-8-19-37(30)43/h1-25H. The van der Waals surface area contributed by atoms with Crippen LogP contribution in [0.5, 0.6) is 0 Å². The van der Waals surface area contributed by atoms with Crippen LogP contribution in [-0.2, 0) is 0 Å². The Kier molecular flexibility index (Phi) is 5.47. The van der Waals surface area contributed by atoms with Crippen molar-refractivity contribution < 1.29 is 4.42 Å². The van der Waals surface area contributed by atoms with E-state index in [1.807, 2.05) is 24.3 Å². The van der Waals surface area contributed by atoms with Gasteiger partial charge < -0.3 is 4.42 Å². The summed E-state index contributed by atoms with van der Waals surface area (Å²) < 4.78 is 8.63. The van der Waals surface area contributed by atoms with Crippen LogP contribution in [0.25, 0.3) is 83.3 Å². The fourth-order valence-corrected chi connectivity index (χ4v) is 6.37. The van der Waals surface area contributed by atoms with Crippen LogP contribution in [0.3, 0.4) is 0 Å². The molecule has 0 aliphatic rings. The van der Waals surface area contributed by atoms with Crippen LogP contribution in [0, 0.1) is 0 Å². The van der Waals surface area contributed by atoms with Gasteiger partial charge in [-0.3, -0.25) is 4.57 Å². The molecule has 0 N–H and O–H groups in total. The van der Waals surface area contributed by atoms with E-state index in [1.165, 1.54) is 21.9 Å². The molecule has 0 bridgehead atoms. The minimum atomic E-state index is 0.621. The van der Waals surface area contributed by atoms with E-state index >= 15 is 0 Å². The van der Waals surface area contributed by atoms with Crippen LogP contribution in [-0.4, -0.2) is 14.5 Å². The van der Waals surface area contributed by atoms with E-state index < -0.39 is 0 Å². The van der Waals surface area contributed by atoms with Crippen molar-refractivity contribution in [2.24, 2.45) is 0 Å². The highest BCUT2D eigenvalue weighted by Gasteiger charge is 2.19. The Labute approximate surface area is 253 Å². The molecule has 0 fully saturated rings. The van der Waals surface area contributed by atoms with Crippen molar-refractivity contribution in [1.82, 2.24) is 14.5 Å². The number of benzene rings is 6. The third kappa shape index (κ3) is 3.85. The zero-order valence-electron chi connectivity index (χ0n) is 23.7. The molecule has 9 aromatic rings. The van der Waals surface area contributed by atoms with Gasteiger partial charge in [-0.25, -0.2) is 9.97 Å². The number of para-hydroxylation sites is 4. The largest absolute Gasteiger partial charge is 0.455 e. The van der Waals surface area contributed by atoms with Gasteiger partial charge in [-0.2, -0.15) is 0 Å². The van der Waals surface area contributed by atoms with E-state index in [0.29, 0.717) is 5.95 Å². The van der Waals surface area contributed by atoms with E-state index in [-0.39, 0.29) is 0 Å². The van der Waals surface area contributed by atoms with Crippen LogP contribution < -0.4 is 0 Å². The predicted octanol–water partition coefficient (Wildman–Crippen LogP) is 10.5. The van der Waals surface area contributed by atoms with E-state index in [4.69, 9.17) is 14.4 Å². The van der Waals surface area contributed by atoms with E-state index in [0.717, 1.165) is 55.5 Å². The third-order valence-electron chi connectivity index (χ3n) is 8.46. The van der Waals surface area contributed by atoms with Crippen molar-refractivity contribution in [2.75, 3.05) is 0 Å². The maximum absolute atomic E-state index is 6.45. The first-order valence-electron chi connectivity index (χ1n) is 14.8. The lowest BCUT2D eigenvalue weighted by Crippen LogP contribution is -2.04. The second-order valence-electron chi connectivity index (χ2n) is 11.0. The molecule has 0 saturated heterocycles. The first-order valence-corrected chi connectivity index (χ1v) is 14.8. The summed E-state index contributed by atoms with van der Waals surface area (Å²) in [5, 5.41) is 4.51. The van der Waals surface area contributed by atoms with Gasteiger partial charge in [0.05, 0.1) is 22.4 Å². The van der Waals surface area contributed by atoms with Crippen molar-refractivity contribution in [1.29, 1.82) is 0 Å². The minimum Gasteiger partial charge on any atom is -0.455 e. The van der Waals surface area contributed by atoms with Gasteiger partial charge in [0.25, 0.3) is 0 Å². The number of aromatic nitrogens is 3. The summed E-state index contributed by atoms with van der Waals surface area (Å²) in [5.41, 5.74) is 9.79. The highest BCUT2D eigenvalue weighted by Crippen LogP contribution is 2.38. The molecule has 0 spiro atoms. The topological polar surface area (TPSA) is 43.9 Å². The summed E-state index contributed by atoms with van der Waals surface area (Å²) in [7, 11) is 0. The van der Waals surface area contributed by atoms with Gasteiger partial charge in [0.2, 0.25) is 5.95 Å². The van der Waals surface area contributed by atoms with Crippen molar-refractivity contribution in [3.05, 3.63) is 152 Å². The fraction of sp³-hybridized carbons (Fsp3) is 0. The number of hydrogen-bond donors (Lipinski definition) is 0. The number of rotatable bonds is 4. The normalized spacial score (nSPS) is 11.6. The van der Waals surface area contributed by atoms with Gasteiger partial charge in [-0.1, -0.05) is 121 Å². The van der Waals surface area contributed by atoms with E-state index in [2.05, 4.69) is 132 Å². The monoisotopic (exact) mass is 563 g/mol. The van der Waals surface area contributed by atoms with Crippen LogP contribution in [0.1, 0.15) is 0 Å². The molecule has 0 aliphatic heterocycles. The molecule has 0 aliphatic carbocycles. The highest BCUT2D eigenvalue weighted by molar-refractivity contribution is 6.10. The fourth-order valence-electron chi connectivity index (χ4n) is 6.37. The van der Waals surface area contributed by atoms with Crippen LogP contribution >= 0.6 is 0 Å². The molecule has 0 unspecified atom stereocenters. The molecule has 0 amide bonds. The Morgan fingerprint density at radius 2 is 1.00 bits per heavy atom. The molecule has 3 aromatic heterocycles. The summed E-state index contributed by atoms with van der Waals surface area (Å²) in [5.74, 6) is 0.621. The predicted molar refractivity (Wildman–Crippen MR) is 180 cm³/mol. The number of fused-ring (bicyclic) bond motifs is 6. The van der Waals surface area contributed by atoms with Crippen LogP contribution in [0.15, 0.2) is 156 Å². The molecule has 206 valence electrons. The van der Waals surface area contributed by atoms with E-state index in [9.17, 15) is 0 Å². The zero-order valence-corrected chi connectivity index (χ0v) is 23.7. The quantitative estimate of drug-likeness (QED) is 0.214. The molecule has 0 radical (unpaired) electrons. The van der Waals surface area contributed by atoms with Gasteiger partial charge in [0.1, 0.15) is 11.2 Å². The van der Waals surface area contributed by atoms with Crippen LogP contribution in [0.4, 0.5) is 0 Å². The average Bonchev–Trinajstić information content (AvgIpc) is 3.65. The molecule has 4 heteroatoms. The highest BCUT2D eigenvalue weighted by atomic mass is 16.3. The van der Waals surface area contributed by atoms with E-state index in [1.54, 1.807) is 0 Å². The lowest BCUT2D eigenvalue weighted by molar-refractivity contribution is 0.670. The van der Waals surface area contributed by atoms with Gasteiger partial charge in [0.15, 0.2) is 0 Å². The van der Waals surface area contributed by atoms with Crippen LogP contribution in [0.2, 0.25) is 0 Å². The van der Waals surface area contributed by atoms with Crippen molar-refractivity contribution >= 4 is 43.7 Å². The summed E-state index contributed by atoms with van der Waals surface area (Å²) in [6, 6.07) is 52.5. The minimum absolute atomic E-state index is 0.621. The zero-order chi connectivity index (χ0) is 29.0. The molecule has 0 atom stereocenters. The maximum atomic E-state index is 6.45. The van der Waals surface area contributed by atoms with Gasteiger partial charge in [0, 0.05) is 32.7 Å². The Morgan fingerprint density at radius 3 is 1.75 bits per heavy atom. The molecule has 9 rings (SSSR count). The molecular weight excluding hydrogens is 538 g/mol. The van der Waals surface area contributed by atoms with Crippen molar-refractivity contribution in [3.63, 3.8) is 0 Å². The average molecular weight is 564 g/mol. The second kappa shape index (κ2) is 9.79. The second-order valence-corrected chi connectivity index (χ2v) is 11.0. The lowest BCUT2D eigenvalue weighted by atomic mass is 10.0. The first kappa shape index (κ1) is 24.6.